The quantitative estimate of drug-likeness (QED) is 0.843. The molecule has 1 aliphatic rings. The molecule has 0 atom stereocenters. The van der Waals surface area contributed by atoms with Crippen molar-refractivity contribution in [3.63, 3.8) is 0 Å². The number of benzene rings is 1. The van der Waals surface area contributed by atoms with Crippen LogP contribution in [0.1, 0.15) is 39.2 Å². The summed E-state index contributed by atoms with van der Waals surface area (Å²) in [6, 6.07) is 7.61. The SMILES string of the molecule is CC(C)(C)N1CCC(O)(c2cccc(Cl)c2)CC1. The highest BCUT2D eigenvalue weighted by atomic mass is 35.5. The van der Waals surface area contributed by atoms with E-state index in [1.165, 1.54) is 0 Å². The van der Waals surface area contributed by atoms with E-state index >= 15 is 0 Å². The average molecular weight is 268 g/mol. The van der Waals surface area contributed by atoms with Crippen molar-refractivity contribution in [2.45, 2.75) is 44.8 Å². The maximum atomic E-state index is 10.8. The lowest BCUT2D eigenvalue weighted by Gasteiger charge is -2.44. The Morgan fingerprint density at radius 2 is 1.83 bits per heavy atom. The topological polar surface area (TPSA) is 23.5 Å². The first-order valence-corrected chi connectivity index (χ1v) is 6.93. The van der Waals surface area contributed by atoms with Gasteiger partial charge in [0.1, 0.15) is 0 Å². The average Bonchev–Trinajstić information content (AvgIpc) is 2.28. The maximum Gasteiger partial charge on any atom is 0.0921 e. The lowest BCUT2D eigenvalue weighted by molar-refractivity contribution is -0.0461. The second kappa shape index (κ2) is 4.84. The molecule has 1 aliphatic heterocycles. The molecule has 0 aliphatic carbocycles. The van der Waals surface area contributed by atoms with Gasteiger partial charge in [-0.05, 0) is 51.3 Å². The molecule has 0 unspecified atom stereocenters. The Hall–Kier alpha value is -0.570. The van der Waals surface area contributed by atoms with E-state index in [1.54, 1.807) is 0 Å². The number of aliphatic hydroxyl groups is 1. The van der Waals surface area contributed by atoms with Crippen molar-refractivity contribution in [2.24, 2.45) is 0 Å². The fourth-order valence-electron chi connectivity index (χ4n) is 2.61. The summed E-state index contributed by atoms with van der Waals surface area (Å²) in [5, 5.41) is 11.5. The molecule has 3 heteroatoms. The summed E-state index contributed by atoms with van der Waals surface area (Å²) in [5.41, 5.74) is 0.408. The van der Waals surface area contributed by atoms with Crippen LogP contribution < -0.4 is 0 Å². The molecule has 1 heterocycles. The van der Waals surface area contributed by atoms with Crippen LogP contribution >= 0.6 is 11.6 Å². The summed E-state index contributed by atoms with van der Waals surface area (Å²) in [6.07, 6.45) is 1.54. The van der Waals surface area contributed by atoms with Crippen molar-refractivity contribution < 1.29 is 5.11 Å². The Kier molecular flexibility index (Phi) is 3.72. The molecule has 0 radical (unpaired) electrons. The van der Waals surface area contributed by atoms with E-state index < -0.39 is 5.60 Å². The Morgan fingerprint density at radius 1 is 1.22 bits per heavy atom. The fourth-order valence-corrected chi connectivity index (χ4v) is 2.80. The van der Waals surface area contributed by atoms with Gasteiger partial charge >= 0.3 is 0 Å². The van der Waals surface area contributed by atoms with E-state index in [-0.39, 0.29) is 5.54 Å². The van der Waals surface area contributed by atoms with Crippen LogP contribution in [0.2, 0.25) is 5.02 Å². The normalized spacial score (nSPS) is 20.9. The third-order valence-electron chi connectivity index (χ3n) is 3.90. The smallest absolute Gasteiger partial charge is 0.0921 e. The van der Waals surface area contributed by atoms with Gasteiger partial charge in [-0.2, -0.15) is 0 Å². The van der Waals surface area contributed by atoms with Gasteiger partial charge in [0.05, 0.1) is 5.60 Å². The van der Waals surface area contributed by atoms with Crippen LogP contribution in [-0.4, -0.2) is 28.6 Å². The van der Waals surface area contributed by atoms with Crippen LogP contribution in [0.5, 0.6) is 0 Å². The van der Waals surface area contributed by atoms with Gasteiger partial charge < -0.3 is 5.11 Å². The number of rotatable bonds is 1. The standard InChI is InChI=1S/C15H22ClNO/c1-14(2,3)17-9-7-15(18,8-10-17)12-5-4-6-13(16)11-12/h4-6,11,18H,7-10H2,1-3H3. The number of likely N-dealkylation sites (tertiary alicyclic amines) is 1. The Balaban J connectivity index is 2.12. The van der Waals surface area contributed by atoms with Crippen LogP contribution in [0.3, 0.4) is 0 Å². The number of hydrogen-bond acceptors (Lipinski definition) is 2. The lowest BCUT2D eigenvalue weighted by Crippen LogP contribution is -2.50. The third kappa shape index (κ3) is 2.87. The molecule has 2 nitrogen and oxygen atoms in total. The monoisotopic (exact) mass is 267 g/mol. The number of hydrogen-bond donors (Lipinski definition) is 1. The summed E-state index contributed by atoms with van der Waals surface area (Å²) < 4.78 is 0. The molecule has 1 saturated heterocycles. The molecular weight excluding hydrogens is 246 g/mol. The summed E-state index contributed by atoms with van der Waals surface area (Å²) >= 11 is 6.01. The molecule has 100 valence electrons. The van der Waals surface area contributed by atoms with Gasteiger partial charge in [-0.1, -0.05) is 23.7 Å². The van der Waals surface area contributed by atoms with Crippen LogP contribution in [0.25, 0.3) is 0 Å². The first kappa shape index (κ1) is 13.9. The lowest BCUT2D eigenvalue weighted by atomic mass is 9.83. The zero-order chi connectivity index (χ0) is 13.4. The minimum absolute atomic E-state index is 0.176. The molecular formula is C15H22ClNO. The van der Waals surface area contributed by atoms with Gasteiger partial charge in [0.15, 0.2) is 0 Å². The Labute approximate surface area is 115 Å². The molecule has 0 saturated carbocycles. The van der Waals surface area contributed by atoms with E-state index in [2.05, 4.69) is 25.7 Å². The van der Waals surface area contributed by atoms with Gasteiger partial charge in [0, 0.05) is 23.7 Å². The first-order chi connectivity index (χ1) is 8.31. The molecule has 0 aromatic heterocycles. The highest BCUT2D eigenvalue weighted by Crippen LogP contribution is 2.35. The van der Waals surface area contributed by atoms with Crippen molar-refractivity contribution >= 4 is 11.6 Å². The van der Waals surface area contributed by atoms with Crippen molar-refractivity contribution in [3.05, 3.63) is 34.9 Å². The molecule has 0 bridgehead atoms. The van der Waals surface area contributed by atoms with E-state index in [4.69, 9.17) is 11.6 Å². The van der Waals surface area contributed by atoms with Crippen molar-refractivity contribution in [3.8, 4) is 0 Å². The van der Waals surface area contributed by atoms with E-state index in [9.17, 15) is 5.11 Å². The van der Waals surface area contributed by atoms with Crippen molar-refractivity contribution in [1.82, 2.24) is 4.90 Å². The summed E-state index contributed by atoms with van der Waals surface area (Å²) in [4.78, 5) is 2.42. The van der Waals surface area contributed by atoms with Gasteiger partial charge in [-0.3, -0.25) is 4.90 Å². The van der Waals surface area contributed by atoms with Crippen molar-refractivity contribution in [1.29, 1.82) is 0 Å². The fraction of sp³-hybridized carbons (Fsp3) is 0.600. The predicted molar refractivity (Wildman–Crippen MR) is 75.9 cm³/mol. The molecule has 1 N–H and O–H groups in total. The number of nitrogens with zero attached hydrogens (tertiary/aromatic N) is 1. The van der Waals surface area contributed by atoms with Gasteiger partial charge in [0.2, 0.25) is 0 Å². The van der Waals surface area contributed by atoms with E-state index in [0.29, 0.717) is 5.02 Å². The third-order valence-corrected chi connectivity index (χ3v) is 4.14. The van der Waals surface area contributed by atoms with Gasteiger partial charge in [-0.15, -0.1) is 0 Å². The molecule has 1 aromatic rings. The zero-order valence-corrected chi connectivity index (χ0v) is 12.2. The number of piperidine rings is 1. The number of halogens is 1. The van der Waals surface area contributed by atoms with Crippen molar-refractivity contribution in [2.75, 3.05) is 13.1 Å². The molecule has 0 amide bonds. The largest absolute Gasteiger partial charge is 0.385 e. The first-order valence-electron chi connectivity index (χ1n) is 6.55. The minimum atomic E-state index is -0.716. The predicted octanol–water partition coefficient (Wildman–Crippen LogP) is 3.42. The Morgan fingerprint density at radius 3 is 2.33 bits per heavy atom. The molecule has 18 heavy (non-hydrogen) atoms. The maximum absolute atomic E-state index is 10.8. The molecule has 0 spiro atoms. The second-order valence-corrected chi connectivity index (χ2v) is 6.64. The Bertz CT molecular complexity index is 417. The van der Waals surface area contributed by atoms with Crippen LogP contribution in [0, 0.1) is 0 Å². The van der Waals surface area contributed by atoms with Crippen LogP contribution in [0.4, 0.5) is 0 Å². The zero-order valence-electron chi connectivity index (χ0n) is 11.4. The molecule has 2 rings (SSSR count). The molecule has 1 fully saturated rings. The van der Waals surface area contributed by atoms with Crippen LogP contribution in [0.15, 0.2) is 24.3 Å². The molecule has 1 aromatic carbocycles. The highest BCUT2D eigenvalue weighted by Gasteiger charge is 2.36. The van der Waals surface area contributed by atoms with E-state index in [0.717, 1.165) is 31.5 Å². The summed E-state index contributed by atoms with van der Waals surface area (Å²) in [7, 11) is 0. The second-order valence-electron chi connectivity index (χ2n) is 6.20. The van der Waals surface area contributed by atoms with Gasteiger partial charge in [-0.25, -0.2) is 0 Å². The summed E-state index contributed by atoms with van der Waals surface area (Å²) in [5.74, 6) is 0. The highest BCUT2D eigenvalue weighted by molar-refractivity contribution is 6.30. The van der Waals surface area contributed by atoms with Gasteiger partial charge in [0.25, 0.3) is 0 Å². The minimum Gasteiger partial charge on any atom is -0.385 e. The summed E-state index contributed by atoms with van der Waals surface area (Å²) in [6.45, 7) is 8.50. The van der Waals surface area contributed by atoms with E-state index in [1.807, 2.05) is 24.3 Å². The van der Waals surface area contributed by atoms with Crippen LogP contribution in [-0.2, 0) is 5.60 Å².